The summed E-state index contributed by atoms with van der Waals surface area (Å²) in [5, 5.41) is 0. The van der Waals surface area contributed by atoms with Crippen LogP contribution in [0.4, 0.5) is 0 Å². The van der Waals surface area contributed by atoms with E-state index in [0.717, 1.165) is 0 Å². The second-order valence-electron chi connectivity index (χ2n) is 5.04. The zero-order valence-electron chi connectivity index (χ0n) is 11.2. The highest BCUT2D eigenvalue weighted by atomic mass is 14.1. The van der Waals surface area contributed by atoms with Crippen molar-refractivity contribution in [2.24, 2.45) is 0 Å². The average molecular weight is 238 g/mol. The molecular weight excluding hydrogens is 216 g/mol. The molecule has 0 unspecified atom stereocenters. The van der Waals surface area contributed by atoms with Gasteiger partial charge in [0, 0.05) is 0 Å². The molecule has 0 fully saturated rings. The van der Waals surface area contributed by atoms with E-state index in [4.69, 9.17) is 0 Å². The van der Waals surface area contributed by atoms with Crippen LogP contribution in [-0.4, -0.2) is 0 Å². The number of benzene rings is 2. The molecule has 0 aromatic heterocycles. The van der Waals surface area contributed by atoms with Crippen LogP contribution in [0.25, 0.3) is 0 Å². The third kappa shape index (κ3) is 4.03. The van der Waals surface area contributed by atoms with Crippen molar-refractivity contribution in [3.05, 3.63) is 71.8 Å². The Morgan fingerprint density at radius 1 is 0.778 bits per heavy atom. The van der Waals surface area contributed by atoms with Crippen LogP contribution in [0.3, 0.4) is 0 Å². The third-order valence-electron chi connectivity index (χ3n) is 3.56. The van der Waals surface area contributed by atoms with Crippen LogP contribution in [0.1, 0.15) is 43.2 Å². The maximum absolute atomic E-state index is 2.33. The van der Waals surface area contributed by atoms with Crippen molar-refractivity contribution in [2.75, 3.05) is 0 Å². The summed E-state index contributed by atoms with van der Waals surface area (Å²) in [6.07, 6.45) is 5.10. The van der Waals surface area contributed by atoms with Gasteiger partial charge >= 0.3 is 0 Å². The van der Waals surface area contributed by atoms with Gasteiger partial charge in [-0.15, -0.1) is 0 Å². The number of rotatable bonds is 6. The maximum atomic E-state index is 2.33. The van der Waals surface area contributed by atoms with Gasteiger partial charge in [0.05, 0.1) is 0 Å². The van der Waals surface area contributed by atoms with Crippen molar-refractivity contribution in [3.63, 3.8) is 0 Å². The topological polar surface area (TPSA) is 0 Å². The lowest BCUT2D eigenvalue weighted by atomic mass is 9.94. The summed E-state index contributed by atoms with van der Waals surface area (Å²) in [6, 6.07) is 21.6. The molecule has 0 spiro atoms. The van der Waals surface area contributed by atoms with E-state index in [2.05, 4.69) is 67.6 Å². The lowest BCUT2D eigenvalue weighted by molar-refractivity contribution is 0.604. The first-order valence-corrected chi connectivity index (χ1v) is 6.95. The van der Waals surface area contributed by atoms with Crippen LogP contribution in [0.5, 0.6) is 0 Å². The maximum Gasteiger partial charge on any atom is -0.0190 e. The Hall–Kier alpha value is -1.56. The average Bonchev–Trinajstić information content (AvgIpc) is 2.45. The first-order valence-electron chi connectivity index (χ1n) is 6.95. The molecule has 0 heterocycles. The minimum Gasteiger partial charge on any atom is -0.0622 e. The SMILES string of the molecule is C[C@H](CCCCc1ccccc1)c1ccccc1. The first-order chi connectivity index (χ1) is 8.86. The predicted molar refractivity (Wildman–Crippen MR) is 78.9 cm³/mol. The minimum atomic E-state index is 0.682. The molecule has 0 bridgehead atoms. The van der Waals surface area contributed by atoms with E-state index in [0.29, 0.717) is 5.92 Å². The highest BCUT2D eigenvalue weighted by Gasteiger charge is 2.04. The van der Waals surface area contributed by atoms with E-state index < -0.39 is 0 Å². The van der Waals surface area contributed by atoms with E-state index in [1.807, 2.05) is 0 Å². The van der Waals surface area contributed by atoms with E-state index in [1.54, 1.807) is 0 Å². The van der Waals surface area contributed by atoms with Crippen LogP contribution < -0.4 is 0 Å². The molecule has 0 heteroatoms. The molecule has 0 amide bonds. The highest BCUT2D eigenvalue weighted by Crippen LogP contribution is 2.21. The van der Waals surface area contributed by atoms with Gasteiger partial charge in [-0.05, 0) is 36.3 Å². The fraction of sp³-hybridized carbons (Fsp3) is 0.333. The largest absolute Gasteiger partial charge is 0.0622 e. The molecule has 0 nitrogen and oxygen atoms in total. The van der Waals surface area contributed by atoms with Crippen LogP contribution in [0, 0.1) is 0 Å². The monoisotopic (exact) mass is 238 g/mol. The third-order valence-corrected chi connectivity index (χ3v) is 3.56. The van der Waals surface area contributed by atoms with E-state index in [-0.39, 0.29) is 0 Å². The molecule has 2 aromatic carbocycles. The summed E-state index contributed by atoms with van der Waals surface area (Å²) in [6.45, 7) is 2.33. The van der Waals surface area contributed by atoms with Gasteiger partial charge in [-0.3, -0.25) is 0 Å². The molecule has 0 aliphatic rings. The second kappa shape index (κ2) is 7.00. The van der Waals surface area contributed by atoms with Crippen LogP contribution in [0.15, 0.2) is 60.7 Å². The molecule has 0 N–H and O–H groups in total. The Kier molecular flexibility index (Phi) is 5.01. The molecular formula is C18H22. The van der Waals surface area contributed by atoms with Gasteiger partial charge in [0.1, 0.15) is 0 Å². The normalized spacial score (nSPS) is 12.3. The van der Waals surface area contributed by atoms with Gasteiger partial charge in [0.2, 0.25) is 0 Å². The van der Waals surface area contributed by atoms with Crippen molar-refractivity contribution in [2.45, 2.75) is 38.5 Å². The van der Waals surface area contributed by atoms with Crippen molar-refractivity contribution >= 4 is 0 Å². The molecule has 0 aliphatic carbocycles. The van der Waals surface area contributed by atoms with Crippen LogP contribution in [-0.2, 0) is 6.42 Å². The van der Waals surface area contributed by atoms with Crippen molar-refractivity contribution in [1.29, 1.82) is 0 Å². The van der Waals surface area contributed by atoms with Gasteiger partial charge in [0.25, 0.3) is 0 Å². The fourth-order valence-electron chi connectivity index (χ4n) is 2.37. The summed E-state index contributed by atoms with van der Waals surface area (Å²) in [4.78, 5) is 0. The summed E-state index contributed by atoms with van der Waals surface area (Å²) in [5.41, 5.74) is 2.93. The summed E-state index contributed by atoms with van der Waals surface area (Å²) < 4.78 is 0. The number of unbranched alkanes of at least 4 members (excludes halogenated alkanes) is 1. The number of hydrogen-bond acceptors (Lipinski definition) is 0. The summed E-state index contributed by atoms with van der Waals surface area (Å²) >= 11 is 0. The van der Waals surface area contributed by atoms with E-state index in [1.165, 1.54) is 36.8 Å². The Labute approximate surface area is 111 Å². The second-order valence-corrected chi connectivity index (χ2v) is 5.04. The Morgan fingerprint density at radius 3 is 2.06 bits per heavy atom. The molecule has 1 atom stereocenters. The molecule has 2 aromatic rings. The smallest absolute Gasteiger partial charge is 0.0190 e. The molecule has 2 rings (SSSR count). The molecule has 0 aliphatic heterocycles. The molecule has 0 saturated heterocycles. The Balaban J connectivity index is 1.70. The lowest BCUT2D eigenvalue weighted by Gasteiger charge is -2.11. The van der Waals surface area contributed by atoms with E-state index >= 15 is 0 Å². The Morgan fingerprint density at radius 2 is 1.39 bits per heavy atom. The molecule has 0 saturated carbocycles. The number of aryl methyl sites for hydroxylation is 1. The minimum absolute atomic E-state index is 0.682. The quantitative estimate of drug-likeness (QED) is 0.606. The highest BCUT2D eigenvalue weighted by molar-refractivity contribution is 5.18. The molecule has 0 radical (unpaired) electrons. The zero-order chi connectivity index (χ0) is 12.6. The summed E-state index contributed by atoms with van der Waals surface area (Å²) in [5.74, 6) is 0.682. The molecule has 18 heavy (non-hydrogen) atoms. The van der Waals surface area contributed by atoms with Crippen LogP contribution in [0.2, 0.25) is 0 Å². The molecule has 94 valence electrons. The van der Waals surface area contributed by atoms with Crippen molar-refractivity contribution < 1.29 is 0 Å². The Bertz CT molecular complexity index is 430. The van der Waals surface area contributed by atoms with Crippen molar-refractivity contribution in [3.8, 4) is 0 Å². The van der Waals surface area contributed by atoms with Gasteiger partial charge < -0.3 is 0 Å². The van der Waals surface area contributed by atoms with Gasteiger partial charge in [0.15, 0.2) is 0 Å². The zero-order valence-corrected chi connectivity index (χ0v) is 11.2. The van der Waals surface area contributed by atoms with Gasteiger partial charge in [-0.2, -0.15) is 0 Å². The fourth-order valence-corrected chi connectivity index (χ4v) is 2.37. The summed E-state index contributed by atoms with van der Waals surface area (Å²) in [7, 11) is 0. The standard InChI is InChI=1S/C18H22/c1-16(18-14-6-3-7-15-18)10-8-9-13-17-11-4-2-5-12-17/h2-7,11-12,14-16H,8-10,13H2,1H3/t16-/m1/s1. The van der Waals surface area contributed by atoms with Crippen LogP contribution >= 0.6 is 0 Å². The first kappa shape index (κ1) is 12.9. The van der Waals surface area contributed by atoms with Gasteiger partial charge in [-0.1, -0.05) is 74.0 Å². The lowest BCUT2D eigenvalue weighted by Crippen LogP contribution is -1.94. The van der Waals surface area contributed by atoms with Crippen molar-refractivity contribution in [1.82, 2.24) is 0 Å². The van der Waals surface area contributed by atoms with Gasteiger partial charge in [-0.25, -0.2) is 0 Å². The number of hydrogen-bond donors (Lipinski definition) is 0. The van der Waals surface area contributed by atoms with E-state index in [9.17, 15) is 0 Å². The predicted octanol–water partition coefficient (Wildman–Crippen LogP) is 5.20.